The number of fused-ring (bicyclic) bond motifs is 1. The van der Waals surface area contributed by atoms with Crippen LogP contribution in [0.15, 0.2) is 24.4 Å². The van der Waals surface area contributed by atoms with Crippen LogP contribution in [0.4, 0.5) is 28.8 Å². The number of hydrogen-bond acceptors (Lipinski definition) is 7. The van der Waals surface area contributed by atoms with Crippen LogP contribution in [0.2, 0.25) is 0 Å². The van der Waals surface area contributed by atoms with Crippen LogP contribution in [0.1, 0.15) is 39.5 Å². The molecule has 1 aromatic heterocycles. The van der Waals surface area contributed by atoms with Gasteiger partial charge < -0.3 is 25.6 Å². The smallest absolute Gasteiger partial charge is 0.234 e. The molecular formula is C22H30N6O2. The van der Waals surface area contributed by atoms with Gasteiger partial charge in [0.1, 0.15) is 11.4 Å². The first kappa shape index (κ1) is 20.3. The van der Waals surface area contributed by atoms with Crippen molar-refractivity contribution in [3.63, 3.8) is 0 Å². The number of carbonyl (C=O) groups excluding carboxylic acids is 1. The highest BCUT2D eigenvalue weighted by Crippen LogP contribution is 2.40. The van der Waals surface area contributed by atoms with E-state index in [4.69, 9.17) is 15.5 Å². The summed E-state index contributed by atoms with van der Waals surface area (Å²) in [5.41, 5.74) is 7.45. The predicted molar refractivity (Wildman–Crippen MR) is 120 cm³/mol. The summed E-state index contributed by atoms with van der Waals surface area (Å²) in [7, 11) is 3.41. The molecule has 160 valence electrons. The van der Waals surface area contributed by atoms with Crippen LogP contribution in [0.25, 0.3) is 0 Å². The van der Waals surface area contributed by atoms with Gasteiger partial charge in [-0.1, -0.05) is 12.8 Å². The topological polar surface area (TPSA) is 96.6 Å². The Morgan fingerprint density at radius 1 is 1.27 bits per heavy atom. The molecule has 0 spiro atoms. The number of ether oxygens (including phenoxy) is 1. The number of nitrogens with two attached hydrogens (primary N) is 1. The second-order valence-corrected chi connectivity index (χ2v) is 8.80. The highest BCUT2D eigenvalue weighted by Gasteiger charge is 2.41. The zero-order valence-electron chi connectivity index (χ0n) is 18.1. The molecular weight excluding hydrogens is 380 g/mol. The zero-order chi connectivity index (χ0) is 21.5. The average molecular weight is 411 g/mol. The Hall–Kier alpha value is -3.03. The van der Waals surface area contributed by atoms with E-state index in [1.807, 2.05) is 19.9 Å². The van der Waals surface area contributed by atoms with Crippen LogP contribution in [0, 0.1) is 5.41 Å². The molecule has 2 aliphatic rings. The molecule has 0 saturated heterocycles. The van der Waals surface area contributed by atoms with Crippen LogP contribution >= 0.6 is 0 Å². The molecule has 2 aromatic rings. The minimum atomic E-state index is -0.508. The number of anilines is 5. The maximum absolute atomic E-state index is 13.1. The lowest BCUT2D eigenvalue weighted by atomic mass is 9.91. The van der Waals surface area contributed by atoms with Gasteiger partial charge in [-0.05, 0) is 38.8 Å². The summed E-state index contributed by atoms with van der Waals surface area (Å²) in [5.74, 6) is 1.96. The summed E-state index contributed by atoms with van der Waals surface area (Å²) in [6.45, 7) is 4.65. The second-order valence-electron chi connectivity index (χ2n) is 8.80. The predicted octanol–water partition coefficient (Wildman–Crippen LogP) is 3.56. The van der Waals surface area contributed by atoms with E-state index in [0.717, 1.165) is 30.0 Å². The van der Waals surface area contributed by atoms with Crippen molar-refractivity contribution in [2.75, 3.05) is 41.6 Å². The third kappa shape index (κ3) is 3.62. The highest BCUT2D eigenvalue weighted by molar-refractivity contribution is 6.00. The molecule has 1 fully saturated rings. The van der Waals surface area contributed by atoms with Crippen molar-refractivity contribution < 1.29 is 9.53 Å². The average Bonchev–Trinajstić information content (AvgIpc) is 3.24. The molecule has 1 amide bonds. The first-order valence-corrected chi connectivity index (χ1v) is 10.4. The lowest BCUT2D eigenvalue weighted by Crippen LogP contribution is -2.45. The van der Waals surface area contributed by atoms with Gasteiger partial charge in [-0.2, -0.15) is 4.98 Å². The molecule has 2 heterocycles. The zero-order valence-corrected chi connectivity index (χ0v) is 18.1. The molecule has 0 bridgehead atoms. The van der Waals surface area contributed by atoms with Gasteiger partial charge in [-0.15, -0.1) is 0 Å². The summed E-state index contributed by atoms with van der Waals surface area (Å²) in [5, 5.41) is 3.25. The molecule has 0 unspecified atom stereocenters. The molecule has 4 rings (SSSR count). The fourth-order valence-corrected chi connectivity index (χ4v) is 4.46. The molecule has 0 radical (unpaired) electrons. The van der Waals surface area contributed by atoms with E-state index in [9.17, 15) is 4.79 Å². The summed E-state index contributed by atoms with van der Waals surface area (Å²) in [6, 6.07) is 5.78. The van der Waals surface area contributed by atoms with E-state index >= 15 is 0 Å². The maximum Gasteiger partial charge on any atom is 0.234 e. The Kier molecular flexibility index (Phi) is 5.17. The molecule has 1 saturated carbocycles. The van der Waals surface area contributed by atoms with Crippen LogP contribution in [0.5, 0.6) is 5.75 Å². The van der Waals surface area contributed by atoms with Gasteiger partial charge in [0.15, 0.2) is 5.82 Å². The monoisotopic (exact) mass is 410 g/mol. The summed E-state index contributed by atoms with van der Waals surface area (Å²) >= 11 is 0. The number of aromatic nitrogens is 2. The molecule has 1 aliphatic heterocycles. The first-order valence-electron chi connectivity index (χ1n) is 10.4. The van der Waals surface area contributed by atoms with Crippen molar-refractivity contribution in [2.24, 2.45) is 5.41 Å². The minimum Gasteiger partial charge on any atom is -0.494 e. The third-order valence-corrected chi connectivity index (χ3v) is 6.07. The number of nitrogens with zero attached hydrogens (tertiary/aromatic N) is 4. The standard InChI is InChI=1S/C22H30N6O2/c1-22(2)13-28(15-7-5-6-8-15)19-17(27(3)20(22)29)12-24-21(26-19)25-16-10-9-14(23)11-18(16)30-4/h9-12,15H,5-8,13,23H2,1-4H3,(H,24,25,26). The van der Waals surface area contributed by atoms with E-state index in [1.54, 1.807) is 37.4 Å². The van der Waals surface area contributed by atoms with Crippen molar-refractivity contribution in [2.45, 2.75) is 45.6 Å². The van der Waals surface area contributed by atoms with Gasteiger partial charge in [-0.25, -0.2) is 4.98 Å². The molecule has 1 aliphatic carbocycles. The molecule has 8 heteroatoms. The van der Waals surface area contributed by atoms with E-state index in [0.29, 0.717) is 30.0 Å². The van der Waals surface area contributed by atoms with Crippen LogP contribution in [-0.2, 0) is 4.79 Å². The normalized spacial score (nSPS) is 18.9. The number of carbonyl (C=O) groups is 1. The van der Waals surface area contributed by atoms with Crippen molar-refractivity contribution >= 4 is 34.7 Å². The maximum atomic E-state index is 13.1. The van der Waals surface area contributed by atoms with Crippen molar-refractivity contribution in [1.82, 2.24) is 9.97 Å². The van der Waals surface area contributed by atoms with Crippen molar-refractivity contribution in [3.05, 3.63) is 24.4 Å². The number of rotatable bonds is 4. The van der Waals surface area contributed by atoms with E-state index in [1.165, 1.54) is 12.8 Å². The van der Waals surface area contributed by atoms with Gasteiger partial charge in [0.05, 0.1) is 24.4 Å². The number of methoxy groups -OCH3 is 1. The lowest BCUT2D eigenvalue weighted by molar-refractivity contribution is -0.125. The quantitative estimate of drug-likeness (QED) is 0.744. The number of nitrogens with one attached hydrogen (secondary N) is 1. The Bertz CT molecular complexity index is 955. The van der Waals surface area contributed by atoms with Gasteiger partial charge in [-0.3, -0.25) is 4.79 Å². The Morgan fingerprint density at radius 3 is 2.70 bits per heavy atom. The van der Waals surface area contributed by atoms with Gasteiger partial charge in [0.2, 0.25) is 11.9 Å². The fraction of sp³-hybridized carbons (Fsp3) is 0.500. The second kappa shape index (κ2) is 7.66. The van der Waals surface area contributed by atoms with Crippen molar-refractivity contribution in [3.8, 4) is 5.75 Å². The number of nitrogen functional groups attached to an aromatic ring is 1. The largest absolute Gasteiger partial charge is 0.494 e. The molecule has 0 atom stereocenters. The number of hydrogen-bond donors (Lipinski definition) is 2. The summed E-state index contributed by atoms with van der Waals surface area (Å²) < 4.78 is 5.43. The van der Waals surface area contributed by atoms with Gasteiger partial charge in [0, 0.05) is 31.4 Å². The van der Waals surface area contributed by atoms with Gasteiger partial charge in [0.25, 0.3) is 0 Å². The van der Waals surface area contributed by atoms with Crippen LogP contribution < -0.4 is 25.6 Å². The molecule has 8 nitrogen and oxygen atoms in total. The highest BCUT2D eigenvalue weighted by atomic mass is 16.5. The first-order chi connectivity index (χ1) is 14.3. The number of benzene rings is 1. The van der Waals surface area contributed by atoms with Crippen LogP contribution in [0.3, 0.4) is 0 Å². The SMILES string of the molecule is COc1cc(N)ccc1Nc1ncc2c(n1)N(C1CCCC1)CC(C)(C)C(=O)N2C. The summed E-state index contributed by atoms with van der Waals surface area (Å²) in [4.78, 5) is 26.4. The molecule has 30 heavy (non-hydrogen) atoms. The summed E-state index contributed by atoms with van der Waals surface area (Å²) in [6.07, 6.45) is 6.38. The Balaban J connectivity index is 1.75. The van der Waals surface area contributed by atoms with E-state index < -0.39 is 5.41 Å². The third-order valence-electron chi connectivity index (χ3n) is 6.07. The van der Waals surface area contributed by atoms with E-state index in [-0.39, 0.29) is 5.91 Å². The molecule has 1 aromatic carbocycles. The Morgan fingerprint density at radius 2 is 2.00 bits per heavy atom. The fourth-order valence-electron chi connectivity index (χ4n) is 4.46. The number of amides is 1. The van der Waals surface area contributed by atoms with Gasteiger partial charge >= 0.3 is 0 Å². The van der Waals surface area contributed by atoms with E-state index in [2.05, 4.69) is 15.2 Å². The minimum absolute atomic E-state index is 0.0776. The van der Waals surface area contributed by atoms with Crippen molar-refractivity contribution in [1.29, 1.82) is 0 Å². The van der Waals surface area contributed by atoms with Crippen LogP contribution in [-0.4, -0.2) is 42.6 Å². The molecule has 3 N–H and O–H groups in total. The Labute approximate surface area is 177 Å². The lowest BCUT2D eigenvalue weighted by Gasteiger charge is -2.34.